The van der Waals surface area contributed by atoms with Crippen LogP contribution in [0.1, 0.15) is 42.9 Å². The Balaban J connectivity index is 1.07. The fourth-order valence-corrected chi connectivity index (χ4v) is 9.19. The second-order valence-electron chi connectivity index (χ2n) is 15.3. The van der Waals surface area contributed by atoms with Crippen molar-refractivity contribution in [2.24, 2.45) is 0 Å². The Kier molecular flexibility index (Phi) is 7.96. The van der Waals surface area contributed by atoms with Gasteiger partial charge in [-0.05, 0) is 93.6 Å². The van der Waals surface area contributed by atoms with Gasteiger partial charge in [0.2, 0.25) is 0 Å². The third-order valence-corrected chi connectivity index (χ3v) is 12.0. The molecule has 1 aliphatic carbocycles. The zero-order valence-electron chi connectivity index (χ0n) is 31.7. The minimum Gasteiger partial charge on any atom is -0.469 e. The van der Waals surface area contributed by atoms with E-state index in [0.29, 0.717) is 0 Å². The third-order valence-electron chi connectivity index (χ3n) is 12.0. The van der Waals surface area contributed by atoms with Gasteiger partial charge in [-0.25, -0.2) is 0 Å². The molecule has 4 aliphatic rings. The van der Waals surface area contributed by atoms with Crippen LogP contribution in [0.5, 0.6) is 5.75 Å². The number of allylic oxidation sites excluding steroid dienone is 8. The molecule has 3 aliphatic heterocycles. The Morgan fingerprint density at radius 2 is 1.48 bits per heavy atom. The molecule has 0 aromatic heterocycles. The molecule has 4 nitrogen and oxygen atoms in total. The van der Waals surface area contributed by atoms with E-state index in [1.54, 1.807) is 6.08 Å². The summed E-state index contributed by atoms with van der Waals surface area (Å²) in [5.41, 5.74) is 13.3. The summed E-state index contributed by atoms with van der Waals surface area (Å²) in [5, 5.41) is 4.48. The molecule has 272 valence electrons. The van der Waals surface area contributed by atoms with E-state index in [1.807, 2.05) is 41.5 Å². The van der Waals surface area contributed by atoms with Crippen molar-refractivity contribution in [1.82, 2.24) is 0 Å². The minimum absolute atomic E-state index is 0.132. The van der Waals surface area contributed by atoms with E-state index in [2.05, 4.69) is 159 Å². The average molecular weight is 727 g/mol. The Morgan fingerprint density at radius 1 is 0.768 bits per heavy atom. The zero-order valence-corrected chi connectivity index (χ0v) is 31.7. The molecule has 6 aromatic rings. The van der Waals surface area contributed by atoms with Gasteiger partial charge in [0.25, 0.3) is 0 Å². The normalized spacial score (nSPS) is 21.1. The standard InChI is InChI=1S/C52H42N2O2/c1-5-6-24-48-35(3)50-44-27-26-36(32-46(44)53(51(50)55-48)37-17-9-7-10-18-37)41-28-29-45(43-23-14-13-22-42(41)43)52(4)31-30-39-34(2)40-21-15-16-25-49(40)56-54(47(39)33-52)38-19-11-8-12-20-38/h5-32,50-51H,1-2,33H2,3-4H3/b24-6-. The number of benzene rings is 6. The first-order valence-electron chi connectivity index (χ1n) is 19.3. The molecule has 0 N–H and O–H groups in total. The summed E-state index contributed by atoms with van der Waals surface area (Å²) in [4.78, 5) is 9.14. The largest absolute Gasteiger partial charge is 0.469 e. The Hall–Kier alpha value is -6.78. The first-order chi connectivity index (χ1) is 27.4. The number of hydrogen-bond donors (Lipinski definition) is 0. The molecule has 0 fully saturated rings. The molecule has 3 heterocycles. The van der Waals surface area contributed by atoms with E-state index in [0.717, 1.165) is 51.7 Å². The van der Waals surface area contributed by atoms with Gasteiger partial charge in [-0.3, -0.25) is 0 Å². The summed E-state index contributed by atoms with van der Waals surface area (Å²) in [6.07, 6.45) is 11.0. The number of hydrogen-bond acceptors (Lipinski definition) is 4. The van der Waals surface area contributed by atoms with Gasteiger partial charge in [0.1, 0.15) is 5.76 Å². The molecule has 4 heteroatoms. The van der Waals surface area contributed by atoms with Gasteiger partial charge in [-0.1, -0.05) is 148 Å². The van der Waals surface area contributed by atoms with E-state index in [4.69, 9.17) is 9.57 Å². The SMILES string of the molecule is C=C/C=C\C1=C(C)C2c3ccc(-c4ccc(C5(C)C=CC6=C(C5)N(c5ccccc5)Oc5ccccc5C6=C)c5ccccc45)cc3N(c3ccccc3)C2O1. The first kappa shape index (κ1) is 33.8. The Bertz CT molecular complexity index is 2700. The fourth-order valence-electron chi connectivity index (χ4n) is 9.19. The van der Waals surface area contributed by atoms with Crippen LogP contribution in [0.15, 0.2) is 206 Å². The van der Waals surface area contributed by atoms with Crippen LogP contribution in [0.3, 0.4) is 0 Å². The summed E-state index contributed by atoms with van der Waals surface area (Å²) >= 11 is 0. The summed E-state index contributed by atoms with van der Waals surface area (Å²) in [7, 11) is 0. The predicted molar refractivity (Wildman–Crippen MR) is 231 cm³/mol. The van der Waals surface area contributed by atoms with Crippen molar-refractivity contribution in [3.8, 4) is 16.9 Å². The number of hydroxylamine groups is 1. The Morgan fingerprint density at radius 3 is 2.27 bits per heavy atom. The van der Waals surface area contributed by atoms with E-state index >= 15 is 0 Å². The lowest BCUT2D eigenvalue weighted by Gasteiger charge is -2.37. The van der Waals surface area contributed by atoms with E-state index in [-0.39, 0.29) is 17.6 Å². The van der Waals surface area contributed by atoms with Crippen LogP contribution in [0.25, 0.3) is 27.5 Å². The van der Waals surface area contributed by atoms with Crippen LogP contribution < -0.4 is 14.8 Å². The molecular formula is C52H42N2O2. The summed E-state index contributed by atoms with van der Waals surface area (Å²) in [6, 6.07) is 49.6. The minimum atomic E-state index is -0.331. The van der Waals surface area contributed by atoms with E-state index in [9.17, 15) is 0 Å². The van der Waals surface area contributed by atoms with E-state index < -0.39 is 0 Å². The average Bonchev–Trinajstić information content (AvgIpc) is 3.70. The molecule has 0 spiro atoms. The van der Waals surface area contributed by atoms with E-state index in [1.165, 1.54) is 44.3 Å². The van der Waals surface area contributed by atoms with Gasteiger partial charge in [0, 0.05) is 34.3 Å². The van der Waals surface area contributed by atoms with Crippen molar-refractivity contribution < 1.29 is 9.57 Å². The van der Waals surface area contributed by atoms with Crippen LogP contribution in [0, 0.1) is 0 Å². The topological polar surface area (TPSA) is 24.9 Å². The molecule has 3 atom stereocenters. The van der Waals surface area contributed by atoms with Gasteiger partial charge in [0.15, 0.2) is 12.0 Å². The Labute approximate surface area is 328 Å². The molecule has 0 radical (unpaired) electrons. The van der Waals surface area contributed by atoms with Gasteiger partial charge >= 0.3 is 0 Å². The summed E-state index contributed by atoms with van der Waals surface area (Å²) in [5.74, 6) is 1.85. The lowest BCUT2D eigenvalue weighted by Crippen LogP contribution is -2.33. The molecular weight excluding hydrogens is 685 g/mol. The second-order valence-corrected chi connectivity index (χ2v) is 15.3. The highest BCUT2D eigenvalue weighted by Crippen LogP contribution is 2.55. The van der Waals surface area contributed by atoms with Crippen molar-refractivity contribution >= 4 is 33.4 Å². The van der Waals surface area contributed by atoms with Crippen LogP contribution in [0.2, 0.25) is 0 Å². The molecule has 0 saturated carbocycles. The second kappa shape index (κ2) is 13.2. The first-order valence-corrected chi connectivity index (χ1v) is 19.3. The van der Waals surface area contributed by atoms with Crippen molar-refractivity contribution in [3.05, 3.63) is 222 Å². The number of para-hydroxylation sites is 3. The van der Waals surface area contributed by atoms with Gasteiger partial charge in [-0.2, -0.15) is 5.06 Å². The smallest absolute Gasteiger partial charge is 0.187 e. The summed E-state index contributed by atoms with van der Waals surface area (Å²) < 4.78 is 6.71. The number of rotatable bonds is 6. The third kappa shape index (κ3) is 5.28. The molecule has 0 amide bonds. The quantitative estimate of drug-likeness (QED) is 0.160. The highest BCUT2D eigenvalue weighted by Gasteiger charge is 2.47. The fraction of sp³-hybridized carbons (Fsp3) is 0.115. The highest BCUT2D eigenvalue weighted by atomic mass is 16.7. The highest BCUT2D eigenvalue weighted by molar-refractivity contribution is 6.00. The molecule has 56 heavy (non-hydrogen) atoms. The zero-order chi connectivity index (χ0) is 38.0. The molecule has 10 rings (SSSR count). The maximum Gasteiger partial charge on any atom is 0.187 e. The predicted octanol–water partition coefficient (Wildman–Crippen LogP) is 13.1. The lowest BCUT2D eigenvalue weighted by atomic mass is 9.71. The lowest BCUT2D eigenvalue weighted by molar-refractivity contribution is 0.153. The molecule has 3 unspecified atom stereocenters. The summed E-state index contributed by atoms with van der Waals surface area (Å²) in [6.45, 7) is 13.0. The maximum absolute atomic E-state index is 6.77. The van der Waals surface area contributed by atoms with Gasteiger partial charge in [-0.15, -0.1) is 0 Å². The molecule has 0 bridgehead atoms. The van der Waals surface area contributed by atoms with Crippen LogP contribution in [-0.4, -0.2) is 6.23 Å². The van der Waals surface area contributed by atoms with Crippen LogP contribution in [-0.2, 0) is 10.2 Å². The molecule has 6 aromatic carbocycles. The van der Waals surface area contributed by atoms with Crippen LogP contribution in [0.4, 0.5) is 17.1 Å². The number of anilines is 3. The van der Waals surface area contributed by atoms with Crippen molar-refractivity contribution in [2.45, 2.75) is 37.8 Å². The van der Waals surface area contributed by atoms with Gasteiger partial charge in [0.05, 0.1) is 17.3 Å². The van der Waals surface area contributed by atoms with Crippen LogP contribution >= 0.6 is 0 Å². The monoisotopic (exact) mass is 726 g/mol. The van der Waals surface area contributed by atoms with Crippen molar-refractivity contribution in [3.63, 3.8) is 0 Å². The van der Waals surface area contributed by atoms with Gasteiger partial charge < -0.3 is 14.5 Å². The molecule has 0 saturated heterocycles. The number of ether oxygens (including phenoxy) is 1. The van der Waals surface area contributed by atoms with Crippen molar-refractivity contribution in [1.29, 1.82) is 0 Å². The maximum atomic E-state index is 6.77. The number of fused-ring (bicyclic) bond motifs is 5. The number of nitrogens with zero attached hydrogens (tertiary/aromatic N) is 2. The van der Waals surface area contributed by atoms with Crippen molar-refractivity contribution in [2.75, 3.05) is 9.96 Å².